The van der Waals surface area contributed by atoms with Crippen LogP contribution in [-0.4, -0.2) is 19.8 Å². The third-order valence-electron chi connectivity index (χ3n) is 1.94. The van der Waals surface area contributed by atoms with Crippen LogP contribution < -0.4 is 4.74 Å². The summed E-state index contributed by atoms with van der Waals surface area (Å²) in [6.07, 6.45) is 0.0197. The average Bonchev–Trinajstić information content (AvgIpc) is 2.18. The van der Waals surface area contributed by atoms with Crippen LogP contribution in [0, 0.1) is 0 Å². The minimum Gasteiger partial charge on any atom is -0.488 e. The van der Waals surface area contributed by atoms with Crippen LogP contribution in [-0.2, 0) is 10.1 Å². The highest BCUT2D eigenvalue weighted by atomic mass is 79.9. The molecule has 1 atom stereocenters. The van der Waals surface area contributed by atoms with Crippen molar-refractivity contribution in [3.05, 3.63) is 28.8 Å². The first-order valence-corrected chi connectivity index (χ1v) is 6.18. The first-order chi connectivity index (χ1) is 7.19. The molecule has 2 nitrogen and oxygen atoms in total. The molecule has 0 heterocycles. The van der Waals surface area contributed by atoms with Crippen molar-refractivity contribution in [2.45, 2.75) is 18.4 Å². The predicted molar refractivity (Wildman–Crippen MR) is 66.0 cm³/mol. The Bertz CT molecular complexity index is 317. The van der Waals surface area contributed by atoms with E-state index in [1.807, 2.05) is 25.1 Å². The molecule has 1 unspecified atom stereocenters. The number of halogens is 2. The number of benzene rings is 1. The van der Waals surface area contributed by atoms with Gasteiger partial charge in [0.1, 0.15) is 11.9 Å². The van der Waals surface area contributed by atoms with E-state index in [-0.39, 0.29) is 6.10 Å². The summed E-state index contributed by atoms with van der Waals surface area (Å²) < 4.78 is 10.7. The van der Waals surface area contributed by atoms with Gasteiger partial charge >= 0.3 is 0 Å². The quantitative estimate of drug-likeness (QED) is 0.772. The fraction of sp³-hybridized carbons (Fsp3) is 0.455. The monoisotopic (exact) mass is 292 g/mol. The fourth-order valence-electron chi connectivity index (χ4n) is 1.26. The van der Waals surface area contributed by atoms with Gasteiger partial charge in [0.2, 0.25) is 0 Å². The molecule has 0 aliphatic heterocycles. The van der Waals surface area contributed by atoms with Crippen molar-refractivity contribution in [3.63, 3.8) is 0 Å². The van der Waals surface area contributed by atoms with Gasteiger partial charge in [0.05, 0.1) is 6.61 Å². The van der Waals surface area contributed by atoms with Gasteiger partial charge in [-0.1, -0.05) is 33.6 Å². The van der Waals surface area contributed by atoms with Crippen molar-refractivity contribution in [1.82, 2.24) is 0 Å². The molecule has 1 aromatic rings. The second-order valence-electron chi connectivity index (χ2n) is 3.23. The smallest absolute Gasteiger partial charge is 0.125 e. The number of methoxy groups -OCH3 is 1. The highest BCUT2D eigenvalue weighted by Gasteiger charge is 2.10. The van der Waals surface area contributed by atoms with Crippen molar-refractivity contribution in [1.29, 1.82) is 0 Å². The Morgan fingerprint density at radius 1 is 1.47 bits per heavy atom. The molecule has 1 aromatic carbocycles. The lowest BCUT2D eigenvalue weighted by Crippen LogP contribution is -2.18. The fourth-order valence-corrected chi connectivity index (χ4v) is 2.24. The van der Waals surface area contributed by atoms with Gasteiger partial charge in [0.25, 0.3) is 0 Å². The van der Waals surface area contributed by atoms with Gasteiger partial charge in [-0.05, 0) is 19.1 Å². The van der Waals surface area contributed by atoms with Gasteiger partial charge in [0, 0.05) is 23.0 Å². The van der Waals surface area contributed by atoms with Crippen molar-refractivity contribution >= 4 is 27.5 Å². The van der Waals surface area contributed by atoms with Crippen molar-refractivity contribution < 1.29 is 9.47 Å². The minimum atomic E-state index is 0.0197. The van der Waals surface area contributed by atoms with Crippen molar-refractivity contribution in [3.8, 4) is 5.75 Å². The summed E-state index contributed by atoms with van der Waals surface area (Å²) in [6.45, 7) is 2.52. The molecule has 1 rings (SSSR count). The molecule has 0 bridgehead atoms. The minimum absolute atomic E-state index is 0.0197. The SMILES string of the molecule is COCC(C)Oc1cccc(Cl)c1CBr. The van der Waals surface area contributed by atoms with Crippen LogP contribution in [0.3, 0.4) is 0 Å². The lowest BCUT2D eigenvalue weighted by Gasteiger charge is -2.16. The zero-order chi connectivity index (χ0) is 11.3. The highest BCUT2D eigenvalue weighted by Crippen LogP contribution is 2.29. The molecule has 4 heteroatoms. The Balaban J connectivity index is 2.80. The standard InChI is InChI=1S/C11H14BrClO2/c1-8(7-14-2)15-11-5-3-4-10(13)9(11)6-12/h3-5,8H,6-7H2,1-2H3. The van der Waals surface area contributed by atoms with E-state index in [0.29, 0.717) is 17.0 Å². The number of ether oxygens (including phenoxy) is 2. The molecule has 84 valence electrons. The molecule has 0 aromatic heterocycles. The van der Waals surface area contributed by atoms with E-state index in [9.17, 15) is 0 Å². The van der Waals surface area contributed by atoms with Gasteiger partial charge < -0.3 is 9.47 Å². The summed E-state index contributed by atoms with van der Waals surface area (Å²) in [5, 5.41) is 1.40. The van der Waals surface area contributed by atoms with Gasteiger partial charge in [-0.2, -0.15) is 0 Å². The molecule has 0 fully saturated rings. The number of hydrogen-bond acceptors (Lipinski definition) is 2. The predicted octanol–water partition coefficient (Wildman–Crippen LogP) is 3.65. The Morgan fingerprint density at radius 3 is 2.80 bits per heavy atom. The molecule has 0 radical (unpaired) electrons. The van der Waals surface area contributed by atoms with Crippen LogP contribution in [0.5, 0.6) is 5.75 Å². The van der Waals surface area contributed by atoms with E-state index < -0.39 is 0 Å². The molecule has 0 N–H and O–H groups in total. The van der Waals surface area contributed by atoms with Gasteiger partial charge in [-0.15, -0.1) is 0 Å². The van der Waals surface area contributed by atoms with Crippen LogP contribution in [0.2, 0.25) is 5.02 Å². The largest absolute Gasteiger partial charge is 0.488 e. The normalized spacial score (nSPS) is 12.5. The third kappa shape index (κ3) is 3.67. The zero-order valence-corrected chi connectivity index (χ0v) is 11.1. The number of hydrogen-bond donors (Lipinski definition) is 0. The van der Waals surface area contributed by atoms with Gasteiger partial charge in [-0.3, -0.25) is 0 Å². The Morgan fingerprint density at radius 2 is 2.20 bits per heavy atom. The Labute approximate surface area is 104 Å². The van der Waals surface area contributed by atoms with Crippen LogP contribution >= 0.6 is 27.5 Å². The summed E-state index contributed by atoms with van der Waals surface area (Å²) >= 11 is 9.44. The van der Waals surface area contributed by atoms with Gasteiger partial charge in [-0.25, -0.2) is 0 Å². The van der Waals surface area contributed by atoms with E-state index in [0.717, 1.165) is 11.3 Å². The second kappa shape index (κ2) is 6.36. The lowest BCUT2D eigenvalue weighted by molar-refractivity contribution is 0.0916. The maximum atomic E-state index is 6.05. The summed E-state index contributed by atoms with van der Waals surface area (Å²) in [5.41, 5.74) is 0.974. The van der Waals surface area contributed by atoms with Crippen LogP contribution in [0.15, 0.2) is 18.2 Å². The lowest BCUT2D eigenvalue weighted by atomic mass is 10.2. The number of rotatable bonds is 5. The molecule has 15 heavy (non-hydrogen) atoms. The first kappa shape index (κ1) is 12.8. The van der Waals surface area contributed by atoms with E-state index >= 15 is 0 Å². The van der Waals surface area contributed by atoms with Crippen LogP contribution in [0.25, 0.3) is 0 Å². The molecule has 0 saturated heterocycles. The molecule has 0 amide bonds. The topological polar surface area (TPSA) is 18.5 Å². The highest BCUT2D eigenvalue weighted by molar-refractivity contribution is 9.08. The van der Waals surface area contributed by atoms with E-state index in [4.69, 9.17) is 21.1 Å². The van der Waals surface area contributed by atoms with E-state index in [1.54, 1.807) is 7.11 Å². The number of alkyl halides is 1. The maximum absolute atomic E-state index is 6.05. The Hall–Kier alpha value is -0.250. The van der Waals surface area contributed by atoms with Crippen LogP contribution in [0.4, 0.5) is 0 Å². The summed E-state index contributed by atoms with van der Waals surface area (Å²) in [4.78, 5) is 0. The molecular formula is C11H14BrClO2. The molecule has 0 aliphatic carbocycles. The van der Waals surface area contributed by atoms with Crippen molar-refractivity contribution in [2.75, 3.05) is 13.7 Å². The van der Waals surface area contributed by atoms with E-state index in [2.05, 4.69) is 15.9 Å². The second-order valence-corrected chi connectivity index (χ2v) is 4.20. The summed E-state index contributed by atoms with van der Waals surface area (Å²) in [7, 11) is 1.66. The van der Waals surface area contributed by atoms with E-state index in [1.165, 1.54) is 0 Å². The van der Waals surface area contributed by atoms with Crippen molar-refractivity contribution in [2.24, 2.45) is 0 Å². The van der Waals surface area contributed by atoms with Crippen LogP contribution in [0.1, 0.15) is 12.5 Å². The molecular weight excluding hydrogens is 279 g/mol. The molecule has 0 saturated carbocycles. The maximum Gasteiger partial charge on any atom is 0.125 e. The first-order valence-electron chi connectivity index (χ1n) is 4.68. The zero-order valence-electron chi connectivity index (χ0n) is 8.80. The molecule has 0 spiro atoms. The average molecular weight is 294 g/mol. The Kier molecular flexibility index (Phi) is 5.43. The van der Waals surface area contributed by atoms with Gasteiger partial charge in [0.15, 0.2) is 0 Å². The summed E-state index contributed by atoms with van der Waals surface area (Å²) in [6, 6.07) is 5.64. The summed E-state index contributed by atoms with van der Waals surface area (Å²) in [5.74, 6) is 0.809. The third-order valence-corrected chi connectivity index (χ3v) is 2.85. The molecule has 0 aliphatic rings.